The third kappa shape index (κ3) is 3.69. The average Bonchev–Trinajstić information content (AvgIpc) is 2.95. The highest BCUT2D eigenvalue weighted by molar-refractivity contribution is 5.23. The van der Waals surface area contributed by atoms with Gasteiger partial charge in [0.25, 0.3) is 0 Å². The molecule has 0 bridgehead atoms. The maximum Gasteiger partial charge on any atom is 0.0713 e. The van der Waals surface area contributed by atoms with E-state index in [4.69, 9.17) is 9.47 Å². The lowest BCUT2D eigenvalue weighted by Crippen LogP contribution is -2.50. The van der Waals surface area contributed by atoms with Crippen molar-refractivity contribution in [1.29, 1.82) is 0 Å². The van der Waals surface area contributed by atoms with E-state index in [-0.39, 0.29) is 6.10 Å². The first-order chi connectivity index (χ1) is 10.8. The molecule has 1 N–H and O–H groups in total. The highest BCUT2D eigenvalue weighted by Crippen LogP contribution is 2.32. The Hall–Kier alpha value is -0.940. The number of morpholine rings is 1. The molecule has 0 amide bonds. The SMILES string of the molecule is COCc1cccc(CN2CCOC[C@@H]2[C@H]2CCC[C@H]2O)c1. The van der Waals surface area contributed by atoms with Crippen LogP contribution in [0.3, 0.4) is 0 Å². The van der Waals surface area contributed by atoms with Crippen molar-refractivity contribution in [3.05, 3.63) is 35.4 Å². The van der Waals surface area contributed by atoms with Gasteiger partial charge >= 0.3 is 0 Å². The van der Waals surface area contributed by atoms with Crippen molar-refractivity contribution in [3.8, 4) is 0 Å². The molecule has 0 unspecified atom stereocenters. The minimum absolute atomic E-state index is 0.158. The summed E-state index contributed by atoms with van der Waals surface area (Å²) in [6.07, 6.45) is 3.04. The Labute approximate surface area is 133 Å². The Morgan fingerprint density at radius 1 is 1.32 bits per heavy atom. The van der Waals surface area contributed by atoms with Gasteiger partial charge in [0.05, 0.1) is 25.9 Å². The van der Waals surface area contributed by atoms with Crippen molar-refractivity contribution >= 4 is 0 Å². The van der Waals surface area contributed by atoms with Gasteiger partial charge in [-0.05, 0) is 24.0 Å². The fourth-order valence-electron chi connectivity index (χ4n) is 3.88. The van der Waals surface area contributed by atoms with Gasteiger partial charge in [0, 0.05) is 32.2 Å². The van der Waals surface area contributed by atoms with Gasteiger partial charge in [0.15, 0.2) is 0 Å². The van der Waals surface area contributed by atoms with E-state index in [1.165, 1.54) is 11.1 Å². The number of hydrogen-bond acceptors (Lipinski definition) is 4. The molecule has 1 heterocycles. The molecule has 1 aliphatic carbocycles. The molecule has 1 saturated heterocycles. The number of nitrogens with zero attached hydrogens (tertiary/aromatic N) is 1. The topological polar surface area (TPSA) is 41.9 Å². The van der Waals surface area contributed by atoms with E-state index >= 15 is 0 Å². The molecule has 1 aromatic carbocycles. The summed E-state index contributed by atoms with van der Waals surface area (Å²) in [4.78, 5) is 2.49. The molecule has 1 aromatic rings. The second kappa shape index (κ2) is 7.55. The van der Waals surface area contributed by atoms with Crippen LogP contribution in [-0.4, -0.2) is 49.0 Å². The Morgan fingerprint density at radius 3 is 2.95 bits per heavy atom. The third-order valence-corrected chi connectivity index (χ3v) is 4.99. The van der Waals surface area contributed by atoms with Crippen LogP contribution in [0.5, 0.6) is 0 Å². The molecule has 4 nitrogen and oxygen atoms in total. The minimum Gasteiger partial charge on any atom is -0.393 e. The third-order valence-electron chi connectivity index (χ3n) is 4.99. The van der Waals surface area contributed by atoms with E-state index in [9.17, 15) is 5.11 Å². The number of hydrogen-bond donors (Lipinski definition) is 1. The Kier molecular flexibility index (Phi) is 5.47. The fourth-order valence-corrected chi connectivity index (χ4v) is 3.88. The summed E-state index contributed by atoms with van der Waals surface area (Å²) >= 11 is 0. The molecule has 4 heteroatoms. The van der Waals surface area contributed by atoms with Crippen LogP contribution < -0.4 is 0 Å². The molecule has 2 fully saturated rings. The van der Waals surface area contributed by atoms with Crippen molar-refractivity contribution < 1.29 is 14.6 Å². The number of aliphatic hydroxyl groups excluding tert-OH is 1. The van der Waals surface area contributed by atoms with Crippen molar-refractivity contribution in [1.82, 2.24) is 4.90 Å². The molecule has 3 atom stereocenters. The Bertz CT molecular complexity index is 479. The molecule has 22 heavy (non-hydrogen) atoms. The summed E-state index contributed by atoms with van der Waals surface area (Å²) in [5.74, 6) is 0.363. The number of rotatable bonds is 5. The zero-order valence-corrected chi connectivity index (χ0v) is 13.4. The molecule has 1 saturated carbocycles. The predicted molar refractivity (Wildman–Crippen MR) is 85.5 cm³/mol. The smallest absolute Gasteiger partial charge is 0.0713 e. The lowest BCUT2D eigenvalue weighted by molar-refractivity contribution is -0.0536. The van der Waals surface area contributed by atoms with Gasteiger partial charge in [-0.1, -0.05) is 30.7 Å². The molecule has 0 radical (unpaired) electrons. The fraction of sp³-hybridized carbons (Fsp3) is 0.667. The van der Waals surface area contributed by atoms with Gasteiger partial charge in [-0.3, -0.25) is 4.90 Å². The Balaban J connectivity index is 1.69. The van der Waals surface area contributed by atoms with Gasteiger partial charge < -0.3 is 14.6 Å². The monoisotopic (exact) mass is 305 g/mol. The van der Waals surface area contributed by atoms with Crippen LogP contribution in [0.4, 0.5) is 0 Å². The van der Waals surface area contributed by atoms with Crippen LogP contribution in [-0.2, 0) is 22.6 Å². The van der Waals surface area contributed by atoms with Gasteiger partial charge in [0.1, 0.15) is 0 Å². The van der Waals surface area contributed by atoms with Gasteiger partial charge in [0.2, 0.25) is 0 Å². The number of aliphatic hydroxyl groups is 1. The van der Waals surface area contributed by atoms with Gasteiger partial charge in [-0.25, -0.2) is 0 Å². The zero-order chi connectivity index (χ0) is 15.4. The van der Waals surface area contributed by atoms with Crippen LogP contribution in [0.25, 0.3) is 0 Å². The van der Waals surface area contributed by atoms with Gasteiger partial charge in [-0.15, -0.1) is 0 Å². The van der Waals surface area contributed by atoms with Crippen molar-refractivity contribution in [2.75, 3.05) is 26.9 Å². The van der Waals surface area contributed by atoms with E-state index in [2.05, 4.69) is 29.2 Å². The molecule has 3 rings (SSSR count). The molecular weight excluding hydrogens is 278 g/mol. The van der Waals surface area contributed by atoms with Crippen molar-refractivity contribution in [2.45, 2.75) is 44.6 Å². The second-order valence-corrected chi connectivity index (χ2v) is 6.53. The normalized spacial score (nSPS) is 29.8. The number of methoxy groups -OCH3 is 1. The maximum atomic E-state index is 10.2. The van der Waals surface area contributed by atoms with E-state index in [0.29, 0.717) is 18.6 Å². The van der Waals surface area contributed by atoms with Crippen LogP contribution in [0.2, 0.25) is 0 Å². The molecule has 2 aliphatic rings. The zero-order valence-electron chi connectivity index (χ0n) is 13.4. The van der Waals surface area contributed by atoms with E-state index < -0.39 is 0 Å². The van der Waals surface area contributed by atoms with E-state index in [1.54, 1.807) is 7.11 Å². The molecule has 0 spiro atoms. The van der Waals surface area contributed by atoms with Crippen LogP contribution in [0.1, 0.15) is 30.4 Å². The quantitative estimate of drug-likeness (QED) is 0.905. The maximum absolute atomic E-state index is 10.2. The summed E-state index contributed by atoms with van der Waals surface area (Å²) in [6, 6.07) is 8.95. The Morgan fingerprint density at radius 2 is 2.18 bits per heavy atom. The standard InChI is InChI=1S/C18H27NO3/c1-21-12-15-5-2-4-14(10-15)11-19-8-9-22-13-17(19)16-6-3-7-18(16)20/h2,4-5,10,16-18,20H,3,6-9,11-13H2,1H3/t16-,17-,18-/m1/s1. The van der Waals surface area contributed by atoms with E-state index in [0.717, 1.165) is 45.6 Å². The molecular formula is C18H27NO3. The first-order valence-corrected chi connectivity index (χ1v) is 8.34. The van der Waals surface area contributed by atoms with Crippen LogP contribution in [0.15, 0.2) is 24.3 Å². The molecule has 1 aliphatic heterocycles. The summed E-state index contributed by atoms with van der Waals surface area (Å²) in [5, 5.41) is 10.2. The van der Waals surface area contributed by atoms with Gasteiger partial charge in [-0.2, -0.15) is 0 Å². The molecule has 122 valence electrons. The second-order valence-electron chi connectivity index (χ2n) is 6.53. The predicted octanol–water partition coefficient (Wildman–Crippen LogP) is 2.19. The molecule has 0 aromatic heterocycles. The summed E-state index contributed by atoms with van der Waals surface area (Å²) in [5.41, 5.74) is 2.53. The van der Waals surface area contributed by atoms with Crippen LogP contribution >= 0.6 is 0 Å². The summed E-state index contributed by atoms with van der Waals surface area (Å²) in [7, 11) is 1.73. The lowest BCUT2D eigenvalue weighted by Gasteiger charge is -2.40. The number of ether oxygens (including phenoxy) is 2. The highest BCUT2D eigenvalue weighted by Gasteiger charge is 2.37. The largest absolute Gasteiger partial charge is 0.393 e. The number of benzene rings is 1. The lowest BCUT2D eigenvalue weighted by atomic mass is 9.94. The highest BCUT2D eigenvalue weighted by atomic mass is 16.5. The summed E-state index contributed by atoms with van der Waals surface area (Å²) < 4.78 is 10.9. The summed E-state index contributed by atoms with van der Waals surface area (Å²) in [6.45, 7) is 4.06. The minimum atomic E-state index is -0.158. The van der Waals surface area contributed by atoms with Crippen molar-refractivity contribution in [2.24, 2.45) is 5.92 Å². The first kappa shape index (κ1) is 15.9. The average molecular weight is 305 g/mol. The first-order valence-electron chi connectivity index (χ1n) is 8.34. The van der Waals surface area contributed by atoms with Crippen LogP contribution in [0, 0.1) is 5.92 Å². The van der Waals surface area contributed by atoms with Crippen molar-refractivity contribution in [3.63, 3.8) is 0 Å². The van der Waals surface area contributed by atoms with E-state index in [1.807, 2.05) is 0 Å².